The van der Waals surface area contributed by atoms with Gasteiger partial charge in [-0.2, -0.15) is 0 Å². The first-order chi connectivity index (χ1) is 9.63. The number of piperidine rings is 1. The third kappa shape index (κ3) is 2.15. The molecule has 1 saturated heterocycles. The van der Waals surface area contributed by atoms with E-state index in [4.69, 9.17) is 0 Å². The van der Waals surface area contributed by atoms with Crippen LogP contribution in [0.2, 0.25) is 0 Å². The molecular formula is C16H17NO3. The molecule has 3 rings (SSSR count). The Labute approximate surface area is 117 Å². The number of amides is 2. The number of aldehydes is 1. The molecule has 1 saturated carbocycles. The maximum Gasteiger partial charge on any atom is 0.234 e. The van der Waals surface area contributed by atoms with Crippen molar-refractivity contribution in [1.29, 1.82) is 0 Å². The summed E-state index contributed by atoms with van der Waals surface area (Å²) in [5.74, 6) is -0.219. The van der Waals surface area contributed by atoms with Crippen molar-refractivity contribution in [2.24, 2.45) is 5.41 Å². The minimum Gasteiger partial charge on any atom is -0.298 e. The van der Waals surface area contributed by atoms with Gasteiger partial charge < -0.3 is 0 Å². The van der Waals surface area contributed by atoms with Gasteiger partial charge in [-0.25, -0.2) is 0 Å². The van der Waals surface area contributed by atoms with Gasteiger partial charge in [0.2, 0.25) is 11.8 Å². The lowest BCUT2D eigenvalue weighted by molar-refractivity contribution is -0.133. The molecule has 2 fully saturated rings. The molecular weight excluding hydrogens is 254 g/mol. The summed E-state index contributed by atoms with van der Waals surface area (Å²) >= 11 is 0. The van der Waals surface area contributed by atoms with Crippen LogP contribution in [0.4, 0.5) is 5.69 Å². The molecule has 1 spiro atoms. The van der Waals surface area contributed by atoms with Crippen molar-refractivity contribution in [1.82, 2.24) is 0 Å². The smallest absolute Gasteiger partial charge is 0.234 e. The molecule has 4 heteroatoms. The van der Waals surface area contributed by atoms with Crippen molar-refractivity contribution in [3.05, 3.63) is 29.8 Å². The van der Waals surface area contributed by atoms with E-state index in [0.29, 0.717) is 24.1 Å². The van der Waals surface area contributed by atoms with Crippen LogP contribution in [0, 0.1) is 5.41 Å². The minimum atomic E-state index is -0.109. The second-order valence-corrected chi connectivity index (χ2v) is 5.89. The maximum absolute atomic E-state index is 12.4. The number of imide groups is 1. The zero-order valence-corrected chi connectivity index (χ0v) is 11.3. The van der Waals surface area contributed by atoms with E-state index in [1.54, 1.807) is 24.3 Å². The van der Waals surface area contributed by atoms with E-state index in [2.05, 4.69) is 0 Å². The Morgan fingerprint density at radius 3 is 2.00 bits per heavy atom. The van der Waals surface area contributed by atoms with E-state index in [1.807, 2.05) is 0 Å². The molecule has 2 aliphatic rings. The van der Waals surface area contributed by atoms with Crippen LogP contribution in [0.1, 0.15) is 48.9 Å². The van der Waals surface area contributed by atoms with Gasteiger partial charge in [0.1, 0.15) is 6.29 Å². The van der Waals surface area contributed by atoms with E-state index >= 15 is 0 Å². The number of carbonyl (C=O) groups excluding carboxylic acids is 3. The van der Waals surface area contributed by atoms with Gasteiger partial charge in [0.15, 0.2) is 0 Å². The first kappa shape index (κ1) is 13.0. The zero-order chi connectivity index (χ0) is 14.2. The van der Waals surface area contributed by atoms with E-state index in [0.717, 1.165) is 32.0 Å². The standard InChI is InChI=1S/C16H17NO3/c18-11-12-3-5-13(6-4-12)17-14(19)9-16(10-15(17)20)7-1-2-8-16/h3-6,11H,1-2,7-10H2. The lowest BCUT2D eigenvalue weighted by Crippen LogP contribution is -2.47. The van der Waals surface area contributed by atoms with Gasteiger partial charge in [-0.1, -0.05) is 12.8 Å². The number of anilines is 1. The molecule has 0 radical (unpaired) electrons. The summed E-state index contributed by atoms with van der Waals surface area (Å²) in [7, 11) is 0. The summed E-state index contributed by atoms with van der Waals surface area (Å²) in [5.41, 5.74) is 1.03. The van der Waals surface area contributed by atoms with Gasteiger partial charge in [-0.15, -0.1) is 0 Å². The highest BCUT2D eigenvalue weighted by Crippen LogP contribution is 2.47. The normalized spacial score (nSPS) is 21.5. The zero-order valence-electron chi connectivity index (χ0n) is 11.3. The average molecular weight is 271 g/mol. The van der Waals surface area contributed by atoms with Crippen LogP contribution >= 0.6 is 0 Å². The molecule has 0 aromatic heterocycles. The molecule has 104 valence electrons. The van der Waals surface area contributed by atoms with Gasteiger partial charge in [0, 0.05) is 18.4 Å². The van der Waals surface area contributed by atoms with Crippen LogP contribution in [0.15, 0.2) is 24.3 Å². The predicted molar refractivity (Wildman–Crippen MR) is 74.5 cm³/mol. The lowest BCUT2D eigenvalue weighted by atomic mass is 9.76. The van der Waals surface area contributed by atoms with Crippen molar-refractivity contribution >= 4 is 23.8 Å². The highest BCUT2D eigenvalue weighted by molar-refractivity contribution is 6.17. The molecule has 20 heavy (non-hydrogen) atoms. The number of rotatable bonds is 2. The molecule has 1 aromatic carbocycles. The molecule has 4 nitrogen and oxygen atoms in total. The second kappa shape index (κ2) is 4.85. The van der Waals surface area contributed by atoms with Crippen molar-refractivity contribution in [3.8, 4) is 0 Å². The SMILES string of the molecule is O=Cc1ccc(N2C(=O)CC3(CCCC3)CC2=O)cc1. The van der Waals surface area contributed by atoms with Gasteiger partial charge in [0.05, 0.1) is 5.69 Å². The Kier molecular flexibility index (Phi) is 3.16. The van der Waals surface area contributed by atoms with Crippen LogP contribution in [-0.4, -0.2) is 18.1 Å². The van der Waals surface area contributed by atoms with Gasteiger partial charge >= 0.3 is 0 Å². The molecule has 2 amide bonds. The Bertz CT molecular complexity index is 536. The largest absolute Gasteiger partial charge is 0.298 e. The summed E-state index contributed by atoms with van der Waals surface area (Å²) in [6.07, 6.45) is 5.90. The van der Waals surface area contributed by atoms with E-state index in [-0.39, 0.29) is 17.2 Å². The summed E-state index contributed by atoms with van der Waals surface area (Å²) in [4.78, 5) is 36.6. The first-order valence-corrected chi connectivity index (χ1v) is 7.05. The molecule has 0 atom stereocenters. The quantitative estimate of drug-likeness (QED) is 0.614. The van der Waals surface area contributed by atoms with E-state index in [9.17, 15) is 14.4 Å². The summed E-state index contributed by atoms with van der Waals surface area (Å²) in [5, 5.41) is 0. The highest BCUT2D eigenvalue weighted by atomic mass is 16.2. The predicted octanol–water partition coefficient (Wildman–Crippen LogP) is 2.71. The first-order valence-electron chi connectivity index (χ1n) is 7.05. The van der Waals surface area contributed by atoms with Crippen molar-refractivity contribution < 1.29 is 14.4 Å². The summed E-state index contributed by atoms with van der Waals surface area (Å²) in [6.45, 7) is 0. The lowest BCUT2D eigenvalue weighted by Gasteiger charge is -2.37. The number of nitrogens with zero attached hydrogens (tertiary/aromatic N) is 1. The Hall–Kier alpha value is -1.97. The Morgan fingerprint density at radius 1 is 0.950 bits per heavy atom. The minimum absolute atomic E-state index is 0.0760. The third-order valence-electron chi connectivity index (χ3n) is 4.50. The van der Waals surface area contributed by atoms with Gasteiger partial charge in [-0.05, 0) is 42.5 Å². The van der Waals surface area contributed by atoms with Crippen LogP contribution in [-0.2, 0) is 9.59 Å². The van der Waals surface area contributed by atoms with Crippen molar-refractivity contribution in [3.63, 3.8) is 0 Å². The Morgan fingerprint density at radius 2 is 1.50 bits per heavy atom. The van der Waals surface area contributed by atoms with E-state index < -0.39 is 0 Å². The van der Waals surface area contributed by atoms with Crippen molar-refractivity contribution in [2.45, 2.75) is 38.5 Å². The molecule has 0 N–H and O–H groups in total. The monoisotopic (exact) mass is 271 g/mol. The second-order valence-electron chi connectivity index (χ2n) is 5.89. The summed E-state index contributed by atoms with van der Waals surface area (Å²) < 4.78 is 0. The molecule has 0 bridgehead atoms. The number of hydrogen-bond donors (Lipinski definition) is 0. The fourth-order valence-corrected chi connectivity index (χ4v) is 3.47. The number of hydrogen-bond acceptors (Lipinski definition) is 3. The van der Waals surface area contributed by atoms with Crippen LogP contribution in [0.25, 0.3) is 0 Å². The highest BCUT2D eigenvalue weighted by Gasteiger charge is 2.45. The van der Waals surface area contributed by atoms with Crippen LogP contribution in [0.5, 0.6) is 0 Å². The van der Waals surface area contributed by atoms with Crippen molar-refractivity contribution in [2.75, 3.05) is 4.90 Å². The average Bonchev–Trinajstić information content (AvgIpc) is 2.86. The van der Waals surface area contributed by atoms with E-state index in [1.165, 1.54) is 4.90 Å². The third-order valence-corrected chi connectivity index (χ3v) is 4.50. The number of benzene rings is 1. The van der Waals surface area contributed by atoms with Crippen LogP contribution < -0.4 is 4.90 Å². The molecule has 1 aliphatic heterocycles. The maximum atomic E-state index is 12.4. The van der Waals surface area contributed by atoms with Crippen LogP contribution in [0.3, 0.4) is 0 Å². The fraction of sp³-hybridized carbons (Fsp3) is 0.438. The molecule has 1 aliphatic carbocycles. The van der Waals surface area contributed by atoms with Gasteiger partial charge in [0.25, 0.3) is 0 Å². The molecule has 1 heterocycles. The van der Waals surface area contributed by atoms with Gasteiger partial charge in [-0.3, -0.25) is 19.3 Å². The number of carbonyl (C=O) groups is 3. The fourth-order valence-electron chi connectivity index (χ4n) is 3.47. The molecule has 0 unspecified atom stereocenters. The topological polar surface area (TPSA) is 54.5 Å². The molecule has 1 aromatic rings. The Balaban J connectivity index is 1.85. The summed E-state index contributed by atoms with van der Waals surface area (Å²) in [6, 6.07) is 6.57.